The molecule has 0 spiro atoms. The van der Waals surface area contributed by atoms with Crippen molar-refractivity contribution in [3.8, 4) is 12.1 Å². The lowest BCUT2D eigenvalue weighted by Gasteiger charge is -2.20. The summed E-state index contributed by atoms with van der Waals surface area (Å²) in [6.07, 6.45) is 4.92. The normalized spacial score (nSPS) is 26.2. The standard InChI is InChI=1S/C11H11N3/c1-8-3-9(6-12)4-10(7-13)5-11(8,2)14/h3-5H,14H2,1-2H3. The van der Waals surface area contributed by atoms with Crippen LogP contribution >= 0.6 is 0 Å². The molecule has 1 rings (SSSR count). The molecule has 0 aromatic carbocycles. The van der Waals surface area contributed by atoms with E-state index in [9.17, 15) is 0 Å². The molecule has 0 aromatic rings. The monoisotopic (exact) mass is 185 g/mol. The first-order valence-corrected chi connectivity index (χ1v) is 4.22. The Morgan fingerprint density at radius 3 is 2.29 bits per heavy atom. The van der Waals surface area contributed by atoms with Gasteiger partial charge in [0.2, 0.25) is 0 Å². The van der Waals surface area contributed by atoms with Crippen LogP contribution in [0.4, 0.5) is 0 Å². The van der Waals surface area contributed by atoms with Crippen LogP contribution in [0, 0.1) is 22.7 Å². The van der Waals surface area contributed by atoms with Crippen LogP contribution in [0.5, 0.6) is 0 Å². The van der Waals surface area contributed by atoms with Gasteiger partial charge in [0.1, 0.15) is 0 Å². The van der Waals surface area contributed by atoms with Crippen molar-refractivity contribution in [3.05, 3.63) is 34.9 Å². The molecule has 0 saturated carbocycles. The van der Waals surface area contributed by atoms with Gasteiger partial charge in [-0.05, 0) is 37.6 Å². The second kappa shape index (κ2) is 3.49. The van der Waals surface area contributed by atoms with Crippen molar-refractivity contribution in [2.75, 3.05) is 0 Å². The second-order valence-corrected chi connectivity index (χ2v) is 3.53. The smallest absolute Gasteiger partial charge is 0.0992 e. The Balaban J connectivity index is 3.32. The molecule has 70 valence electrons. The maximum atomic E-state index is 8.80. The zero-order chi connectivity index (χ0) is 10.8. The van der Waals surface area contributed by atoms with Gasteiger partial charge in [-0.15, -0.1) is 0 Å². The molecule has 1 unspecified atom stereocenters. The first-order chi connectivity index (χ1) is 6.49. The lowest BCUT2D eigenvalue weighted by Crippen LogP contribution is -2.35. The fourth-order valence-electron chi connectivity index (χ4n) is 1.21. The summed E-state index contributed by atoms with van der Waals surface area (Å²) >= 11 is 0. The molecule has 1 atom stereocenters. The van der Waals surface area contributed by atoms with Crippen LogP contribution in [-0.2, 0) is 0 Å². The van der Waals surface area contributed by atoms with Crippen molar-refractivity contribution in [3.63, 3.8) is 0 Å². The summed E-state index contributed by atoms with van der Waals surface area (Å²) < 4.78 is 0. The average Bonchev–Trinajstić information content (AvgIpc) is 2.24. The number of nitrogens with zero attached hydrogens (tertiary/aromatic N) is 2. The highest BCUT2D eigenvalue weighted by molar-refractivity contribution is 5.52. The van der Waals surface area contributed by atoms with Gasteiger partial charge in [-0.3, -0.25) is 0 Å². The molecule has 3 heteroatoms. The summed E-state index contributed by atoms with van der Waals surface area (Å²) in [7, 11) is 0. The molecule has 0 saturated heterocycles. The van der Waals surface area contributed by atoms with Gasteiger partial charge in [-0.1, -0.05) is 0 Å². The highest BCUT2D eigenvalue weighted by Crippen LogP contribution is 2.22. The zero-order valence-electron chi connectivity index (χ0n) is 8.20. The maximum Gasteiger partial charge on any atom is 0.0992 e. The van der Waals surface area contributed by atoms with Crippen LogP contribution in [0.3, 0.4) is 0 Å². The molecule has 0 heterocycles. The van der Waals surface area contributed by atoms with E-state index < -0.39 is 5.54 Å². The lowest BCUT2D eigenvalue weighted by molar-refractivity contribution is 0.685. The third-order valence-electron chi connectivity index (χ3n) is 2.25. The number of hydrogen-bond donors (Lipinski definition) is 1. The minimum Gasteiger partial charge on any atom is -0.319 e. The van der Waals surface area contributed by atoms with Gasteiger partial charge in [0, 0.05) is 0 Å². The van der Waals surface area contributed by atoms with Crippen molar-refractivity contribution < 1.29 is 0 Å². The fraction of sp³-hybridized carbons (Fsp3) is 0.273. The number of rotatable bonds is 0. The minimum absolute atomic E-state index is 0.430. The fourth-order valence-corrected chi connectivity index (χ4v) is 1.21. The highest BCUT2D eigenvalue weighted by Gasteiger charge is 2.21. The van der Waals surface area contributed by atoms with E-state index in [4.69, 9.17) is 16.3 Å². The molecule has 0 aliphatic heterocycles. The van der Waals surface area contributed by atoms with Crippen LogP contribution in [0.2, 0.25) is 0 Å². The molecule has 0 aromatic heterocycles. The van der Waals surface area contributed by atoms with Gasteiger partial charge in [0.15, 0.2) is 0 Å². The summed E-state index contributed by atoms with van der Waals surface area (Å²) in [5.74, 6) is 0. The van der Waals surface area contributed by atoms with E-state index in [2.05, 4.69) is 0 Å². The van der Waals surface area contributed by atoms with Gasteiger partial charge in [0.05, 0.1) is 28.8 Å². The predicted octanol–water partition coefficient (Wildman–Crippen LogP) is 1.56. The van der Waals surface area contributed by atoms with Crippen LogP contribution in [-0.4, -0.2) is 5.54 Å². The SMILES string of the molecule is CC1=CC(C#N)=CC(C#N)=CC1(C)N. The largest absolute Gasteiger partial charge is 0.319 e. The Kier molecular flexibility index (Phi) is 2.56. The highest BCUT2D eigenvalue weighted by atomic mass is 14.7. The topological polar surface area (TPSA) is 73.6 Å². The van der Waals surface area contributed by atoms with Gasteiger partial charge >= 0.3 is 0 Å². The van der Waals surface area contributed by atoms with Crippen molar-refractivity contribution >= 4 is 0 Å². The van der Waals surface area contributed by atoms with Gasteiger partial charge in [0.25, 0.3) is 0 Å². The maximum absolute atomic E-state index is 8.80. The van der Waals surface area contributed by atoms with Gasteiger partial charge in [-0.2, -0.15) is 10.5 Å². The van der Waals surface area contributed by atoms with E-state index in [0.29, 0.717) is 11.1 Å². The molecule has 14 heavy (non-hydrogen) atoms. The summed E-state index contributed by atoms with van der Waals surface area (Å²) in [6.45, 7) is 3.66. The first-order valence-electron chi connectivity index (χ1n) is 4.22. The third-order valence-corrected chi connectivity index (χ3v) is 2.25. The van der Waals surface area contributed by atoms with Crippen molar-refractivity contribution in [1.82, 2.24) is 0 Å². The Morgan fingerprint density at radius 2 is 1.79 bits per heavy atom. The second-order valence-electron chi connectivity index (χ2n) is 3.53. The Bertz CT molecular complexity index is 422. The van der Waals surface area contributed by atoms with Crippen LogP contribution in [0.25, 0.3) is 0 Å². The zero-order valence-corrected chi connectivity index (χ0v) is 8.20. The molecule has 1 aliphatic carbocycles. The number of hydrogen-bond acceptors (Lipinski definition) is 3. The van der Waals surface area contributed by atoms with E-state index >= 15 is 0 Å². The predicted molar refractivity (Wildman–Crippen MR) is 53.7 cm³/mol. The average molecular weight is 185 g/mol. The van der Waals surface area contributed by atoms with E-state index in [1.807, 2.05) is 26.0 Å². The summed E-state index contributed by atoms with van der Waals surface area (Å²) in [5.41, 5.74) is 7.08. The summed E-state index contributed by atoms with van der Waals surface area (Å²) in [4.78, 5) is 0. The first kappa shape index (κ1) is 10.2. The molecule has 0 bridgehead atoms. The van der Waals surface area contributed by atoms with Gasteiger partial charge in [-0.25, -0.2) is 0 Å². The van der Waals surface area contributed by atoms with E-state index in [-0.39, 0.29) is 0 Å². The molecule has 0 amide bonds. The van der Waals surface area contributed by atoms with Gasteiger partial charge < -0.3 is 5.73 Å². The molecule has 1 aliphatic rings. The third kappa shape index (κ3) is 1.90. The molecular weight excluding hydrogens is 174 g/mol. The van der Waals surface area contributed by atoms with Crippen molar-refractivity contribution in [1.29, 1.82) is 10.5 Å². The van der Waals surface area contributed by atoms with Crippen LogP contribution in [0.1, 0.15) is 13.8 Å². The summed E-state index contributed by atoms with van der Waals surface area (Å²) in [6, 6.07) is 4.02. The molecule has 0 fully saturated rings. The van der Waals surface area contributed by atoms with Crippen molar-refractivity contribution in [2.24, 2.45) is 5.73 Å². The number of nitrogens with two attached hydrogens (primary N) is 1. The number of nitriles is 2. The molecule has 0 radical (unpaired) electrons. The quantitative estimate of drug-likeness (QED) is 0.622. The Morgan fingerprint density at radius 1 is 1.21 bits per heavy atom. The molecule has 2 N–H and O–H groups in total. The number of allylic oxidation sites excluding steroid dienone is 4. The van der Waals surface area contributed by atoms with Crippen LogP contribution in [0.15, 0.2) is 34.9 Å². The molecular formula is C11H11N3. The van der Waals surface area contributed by atoms with Crippen LogP contribution < -0.4 is 5.73 Å². The summed E-state index contributed by atoms with van der Waals surface area (Å²) in [5, 5.41) is 17.6. The van der Waals surface area contributed by atoms with E-state index in [0.717, 1.165) is 5.57 Å². The Hall–Kier alpha value is -1.84. The Labute approximate surface area is 83.4 Å². The van der Waals surface area contributed by atoms with E-state index in [1.54, 1.807) is 18.2 Å². The minimum atomic E-state index is -0.653. The van der Waals surface area contributed by atoms with Crippen molar-refractivity contribution in [2.45, 2.75) is 19.4 Å². The molecule has 3 nitrogen and oxygen atoms in total. The lowest BCUT2D eigenvalue weighted by atomic mass is 9.93. The van der Waals surface area contributed by atoms with E-state index in [1.165, 1.54) is 0 Å².